The zero-order valence-corrected chi connectivity index (χ0v) is 8.56. The van der Waals surface area contributed by atoms with Crippen molar-refractivity contribution >= 4 is 0 Å². The third-order valence-electron chi connectivity index (χ3n) is 2.37. The SMILES string of the molecule is NCCc1cccc(-c2ccncc2)c1. The van der Waals surface area contributed by atoms with Crippen LogP contribution in [0.2, 0.25) is 0 Å². The number of nitrogens with two attached hydrogens (primary N) is 1. The number of benzene rings is 1. The smallest absolute Gasteiger partial charge is 0.0273 e. The molecule has 2 nitrogen and oxygen atoms in total. The van der Waals surface area contributed by atoms with Crippen LogP contribution >= 0.6 is 0 Å². The first kappa shape index (κ1) is 9.87. The molecule has 0 bridgehead atoms. The van der Waals surface area contributed by atoms with Crippen LogP contribution in [0.25, 0.3) is 11.1 Å². The highest BCUT2D eigenvalue weighted by atomic mass is 14.6. The van der Waals surface area contributed by atoms with E-state index in [4.69, 9.17) is 5.73 Å². The molecule has 0 spiro atoms. The van der Waals surface area contributed by atoms with Gasteiger partial charge in [-0.3, -0.25) is 4.98 Å². The third kappa shape index (κ3) is 2.42. The van der Waals surface area contributed by atoms with Crippen molar-refractivity contribution in [1.29, 1.82) is 0 Å². The molecule has 2 heteroatoms. The highest BCUT2D eigenvalue weighted by Crippen LogP contribution is 2.19. The third-order valence-corrected chi connectivity index (χ3v) is 2.37. The molecule has 76 valence electrons. The number of hydrogen-bond acceptors (Lipinski definition) is 2. The van der Waals surface area contributed by atoms with Gasteiger partial charge < -0.3 is 5.73 Å². The molecule has 1 aromatic heterocycles. The maximum Gasteiger partial charge on any atom is 0.0273 e. The van der Waals surface area contributed by atoms with Crippen LogP contribution in [0.15, 0.2) is 48.8 Å². The van der Waals surface area contributed by atoms with Crippen molar-refractivity contribution in [3.8, 4) is 11.1 Å². The highest BCUT2D eigenvalue weighted by Gasteiger charge is 1.97. The predicted molar refractivity (Wildman–Crippen MR) is 62.4 cm³/mol. The monoisotopic (exact) mass is 198 g/mol. The molecule has 1 aromatic carbocycles. The van der Waals surface area contributed by atoms with Gasteiger partial charge in [-0.25, -0.2) is 0 Å². The van der Waals surface area contributed by atoms with Gasteiger partial charge in [-0.2, -0.15) is 0 Å². The quantitative estimate of drug-likeness (QED) is 0.821. The lowest BCUT2D eigenvalue weighted by molar-refractivity contribution is 0.969. The lowest BCUT2D eigenvalue weighted by Gasteiger charge is -2.04. The molecule has 2 rings (SSSR count). The van der Waals surface area contributed by atoms with Crippen LogP contribution < -0.4 is 5.73 Å². The molecular weight excluding hydrogens is 184 g/mol. The Hall–Kier alpha value is -1.67. The Labute approximate surface area is 89.8 Å². The molecule has 0 aliphatic carbocycles. The molecule has 0 saturated heterocycles. The van der Waals surface area contributed by atoms with Crippen molar-refractivity contribution < 1.29 is 0 Å². The van der Waals surface area contributed by atoms with Crippen molar-refractivity contribution in [3.05, 3.63) is 54.4 Å². The first-order valence-electron chi connectivity index (χ1n) is 5.09. The Bertz CT molecular complexity index is 424. The largest absolute Gasteiger partial charge is 0.330 e. The van der Waals surface area contributed by atoms with Crippen molar-refractivity contribution in [2.75, 3.05) is 6.54 Å². The van der Waals surface area contributed by atoms with E-state index in [9.17, 15) is 0 Å². The molecule has 0 aliphatic heterocycles. The van der Waals surface area contributed by atoms with Crippen molar-refractivity contribution in [3.63, 3.8) is 0 Å². The Morgan fingerprint density at radius 2 is 1.80 bits per heavy atom. The van der Waals surface area contributed by atoms with Crippen LogP contribution in [0.4, 0.5) is 0 Å². The summed E-state index contributed by atoms with van der Waals surface area (Å²) >= 11 is 0. The van der Waals surface area contributed by atoms with Gasteiger partial charge in [0.1, 0.15) is 0 Å². The molecule has 0 radical (unpaired) electrons. The number of aromatic nitrogens is 1. The molecule has 1 heterocycles. The summed E-state index contributed by atoms with van der Waals surface area (Å²) < 4.78 is 0. The maximum atomic E-state index is 5.54. The minimum Gasteiger partial charge on any atom is -0.330 e. The molecule has 0 amide bonds. The molecule has 0 fully saturated rings. The summed E-state index contributed by atoms with van der Waals surface area (Å²) in [4.78, 5) is 4.01. The molecule has 2 aromatic rings. The molecule has 2 N–H and O–H groups in total. The second-order valence-corrected chi connectivity index (χ2v) is 3.47. The van der Waals surface area contributed by atoms with E-state index in [2.05, 4.69) is 29.2 Å². The first-order chi connectivity index (χ1) is 7.40. The van der Waals surface area contributed by atoms with E-state index in [0.29, 0.717) is 6.54 Å². The van der Waals surface area contributed by atoms with Crippen LogP contribution in [-0.4, -0.2) is 11.5 Å². The van der Waals surface area contributed by atoms with Crippen LogP contribution in [0, 0.1) is 0 Å². The topological polar surface area (TPSA) is 38.9 Å². The zero-order valence-electron chi connectivity index (χ0n) is 8.56. The van der Waals surface area contributed by atoms with Gasteiger partial charge in [0.05, 0.1) is 0 Å². The van der Waals surface area contributed by atoms with Gasteiger partial charge in [-0.1, -0.05) is 24.3 Å². The normalized spacial score (nSPS) is 10.2. The van der Waals surface area contributed by atoms with Gasteiger partial charge >= 0.3 is 0 Å². The van der Waals surface area contributed by atoms with E-state index in [0.717, 1.165) is 6.42 Å². The van der Waals surface area contributed by atoms with Gasteiger partial charge in [-0.05, 0) is 41.8 Å². The van der Waals surface area contributed by atoms with E-state index in [1.54, 1.807) is 0 Å². The molecule has 0 saturated carbocycles. The summed E-state index contributed by atoms with van der Waals surface area (Å²) in [6.45, 7) is 0.694. The van der Waals surface area contributed by atoms with Crippen molar-refractivity contribution in [1.82, 2.24) is 4.98 Å². The Balaban J connectivity index is 2.33. The average Bonchev–Trinajstić information content (AvgIpc) is 2.31. The molecule has 0 aliphatic rings. The minimum absolute atomic E-state index is 0.694. The van der Waals surface area contributed by atoms with E-state index in [1.165, 1.54) is 16.7 Å². The molecule has 0 unspecified atom stereocenters. The second kappa shape index (κ2) is 4.71. The molecular formula is C13H14N2. The first-order valence-corrected chi connectivity index (χ1v) is 5.09. The van der Waals surface area contributed by atoms with Gasteiger partial charge in [-0.15, -0.1) is 0 Å². The number of pyridine rings is 1. The predicted octanol–water partition coefficient (Wildman–Crippen LogP) is 2.25. The van der Waals surface area contributed by atoms with Crippen molar-refractivity contribution in [2.45, 2.75) is 6.42 Å². The summed E-state index contributed by atoms with van der Waals surface area (Å²) in [5.41, 5.74) is 9.25. The fraction of sp³-hybridized carbons (Fsp3) is 0.154. The number of nitrogens with zero attached hydrogens (tertiary/aromatic N) is 1. The highest BCUT2D eigenvalue weighted by molar-refractivity contribution is 5.63. The number of rotatable bonds is 3. The van der Waals surface area contributed by atoms with E-state index in [-0.39, 0.29) is 0 Å². The van der Waals surface area contributed by atoms with Crippen LogP contribution in [0.3, 0.4) is 0 Å². The summed E-state index contributed by atoms with van der Waals surface area (Å²) in [5, 5.41) is 0. The molecule has 0 atom stereocenters. The van der Waals surface area contributed by atoms with Crippen molar-refractivity contribution in [2.24, 2.45) is 5.73 Å². The van der Waals surface area contributed by atoms with Gasteiger partial charge in [0.2, 0.25) is 0 Å². The summed E-state index contributed by atoms with van der Waals surface area (Å²) in [6.07, 6.45) is 4.55. The summed E-state index contributed by atoms with van der Waals surface area (Å²) in [7, 11) is 0. The summed E-state index contributed by atoms with van der Waals surface area (Å²) in [5.74, 6) is 0. The fourth-order valence-corrected chi connectivity index (χ4v) is 1.62. The minimum atomic E-state index is 0.694. The van der Waals surface area contributed by atoms with E-state index in [1.807, 2.05) is 24.5 Å². The second-order valence-electron chi connectivity index (χ2n) is 3.47. The Morgan fingerprint density at radius 3 is 2.53 bits per heavy atom. The lowest BCUT2D eigenvalue weighted by Crippen LogP contribution is -2.02. The van der Waals surface area contributed by atoms with Crippen LogP contribution in [-0.2, 0) is 6.42 Å². The molecule has 15 heavy (non-hydrogen) atoms. The Morgan fingerprint density at radius 1 is 1.00 bits per heavy atom. The van der Waals surface area contributed by atoms with Gasteiger partial charge in [0.15, 0.2) is 0 Å². The zero-order chi connectivity index (χ0) is 10.5. The Kier molecular flexibility index (Phi) is 3.10. The lowest BCUT2D eigenvalue weighted by atomic mass is 10.0. The van der Waals surface area contributed by atoms with Crippen LogP contribution in [0.5, 0.6) is 0 Å². The number of hydrogen-bond donors (Lipinski definition) is 1. The summed E-state index contributed by atoms with van der Waals surface area (Å²) in [6, 6.07) is 12.5. The maximum absolute atomic E-state index is 5.54. The van der Waals surface area contributed by atoms with E-state index < -0.39 is 0 Å². The average molecular weight is 198 g/mol. The fourth-order valence-electron chi connectivity index (χ4n) is 1.62. The van der Waals surface area contributed by atoms with Gasteiger partial charge in [0.25, 0.3) is 0 Å². The standard InChI is InChI=1S/C13H14N2/c14-7-4-11-2-1-3-13(10-11)12-5-8-15-9-6-12/h1-3,5-6,8-10H,4,7,14H2. The van der Waals surface area contributed by atoms with Crippen LogP contribution in [0.1, 0.15) is 5.56 Å². The van der Waals surface area contributed by atoms with Gasteiger partial charge in [0, 0.05) is 12.4 Å². The van der Waals surface area contributed by atoms with E-state index >= 15 is 0 Å².